The van der Waals surface area contributed by atoms with E-state index in [2.05, 4.69) is 0 Å². The first-order valence-electron chi connectivity index (χ1n) is 6.10. The van der Waals surface area contributed by atoms with E-state index >= 15 is 0 Å². The van der Waals surface area contributed by atoms with Gasteiger partial charge in [0.2, 0.25) is 5.91 Å². The number of anilines is 1. The maximum absolute atomic E-state index is 12.4. The molecule has 1 unspecified atom stereocenters. The third kappa shape index (κ3) is 2.86. The number of carbonyl (C=O) groups is 1. The fourth-order valence-electron chi connectivity index (χ4n) is 1.75. The van der Waals surface area contributed by atoms with E-state index in [0.717, 1.165) is 11.3 Å². The number of para-hydroxylation sites is 1. The summed E-state index contributed by atoms with van der Waals surface area (Å²) in [5.74, 6) is -0.0169. The number of aryl methyl sites for hydroxylation is 1. The number of hydrogen-bond acceptors (Lipinski definition) is 2. The fourth-order valence-corrected chi connectivity index (χ4v) is 1.75. The Labute approximate surface area is 104 Å². The predicted molar refractivity (Wildman–Crippen MR) is 72.1 cm³/mol. The van der Waals surface area contributed by atoms with Crippen molar-refractivity contribution in [2.75, 3.05) is 11.4 Å². The second kappa shape index (κ2) is 5.32. The molecular weight excluding hydrogens is 212 g/mol. The Kier molecular flexibility index (Phi) is 4.29. The van der Waals surface area contributed by atoms with E-state index in [4.69, 9.17) is 5.73 Å². The quantitative estimate of drug-likeness (QED) is 0.870. The average molecular weight is 234 g/mol. The van der Waals surface area contributed by atoms with Crippen LogP contribution >= 0.6 is 0 Å². The minimum absolute atomic E-state index is 0.0169. The summed E-state index contributed by atoms with van der Waals surface area (Å²) in [7, 11) is 0. The van der Waals surface area contributed by atoms with Crippen LogP contribution in [0.3, 0.4) is 0 Å². The summed E-state index contributed by atoms with van der Waals surface area (Å²) in [6.07, 6.45) is 0.633. The number of likely N-dealkylation sites (N-methyl/N-ethyl adjacent to an activating group) is 1. The van der Waals surface area contributed by atoms with Gasteiger partial charge in [-0.2, -0.15) is 0 Å². The van der Waals surface area contributed by atoms with E-state index in [1.54, 1.807) is 11.8 Å². The Balaban J connectivity index is 3.09. The van der Waals surface area contributed by atoms with E-state index < -0.39 is 5.54 Å². The number of hydrogen-bond donors (Lipinski definition) is 1. The van der Waals surface area contributed by atoms with Gasteiger partial charge in [-0.25, -0.2) is 0 Å². The van der Waals surface area contributed by atoms with E-state index in [0.29, 0.717) is 13.0 Å². The maximum atomic E-state index is 12.4. The largest absolute Gasteiger partial charge is 0.318 e. The Bertz CT molecular complexity index is 399. The summed E-state index contributed by atoms with van der Waals surface area (Å²) >= 11 is 0. The highest BCUT2D eigenvalue weighted by molar-refractivity contribution is 6.00. The molecule has 0 aliphatic carbocycles. The van der Waals surface area contributed by atoms with Crippen molar-refractivity contribution in [2.45, 2.75) is 39.7 Å². The molecule has 1 amide bonds. The molecule has 0 saturated heterocycles. The van der Waals surface area contributed by atoms with Gasteiger partial charge in [-0.3, -0.25) is 4.79 Å². The second-order valence-electron chi connectivity index (χ2n) is 4.61. The van der Waals surface area contributed by atoms with E-state index in [1.807, 2.05) is 45.0 Å². The molecular formula is C14H22N2O. The lowest BCUT2D eigenvalue weighted by Gasteiger charge is -2.31. The van der Waals surface area contributed by atoms with Gasteiger partial charge in [-0.15, -0.1) is 0 Å². The summed E-state index contributed by atoms with van der Waals surface area (Å²) in [6.45, 7) is 8.33. The number of nitrogens with two attached hydrogens (primary N) is 1. The van der Waals surface area contributed by atoms with Crippen molar-refractivity contribution in [2.24, 2.45) is 5.73 Å². The van der Waals surface area contributed by atoms with Crippen LogP contribution in [0.2, 0.25) is 0 Å². The van der Waals surface area contributed by atoms with Crippen LogP contribution in [-0.4, -0.2) is 18.0 Å². The minimum Gasteiger partial charge on any atom is -0.318 e. The van der Waals surface area contributed by atoms with Crippen molar-refractivity contribution in [3.8, 4) is 0 Å². The summed E-state index contributed by atoms with van der Waals surface area (Å²) < 4.78 is 0. The molecule has 0 aromatic heterocycles. The minimum atomic E-state index is -0.793. The SMILES string of the molecule is CCN(C(=O)C(C)(N)CC)c1ccccc1C. The molecule has 0 aliphatic heterocycles. The molecule has 0 spiro atoms. The van der Waals surface area contributed by atoms with Crippen LogP contribution in [-0.2, 0) is 4.79 Å². The number of rotatable bonds is 4. The molecule has 0 bridgehead atoms. The Hall–Kier alpha value is -1.35. The van der Waals surface area contributed by atoms with Crippen LogP contribution in [0.25, 0.3) is 0 Å². The molecule has 1 aromatic rings. The topological polar surface area (TPSA) is 46.3 Å². The van der Waals surface area contributed by atoms with Gasteiger partial charge >= 0.3 is 0 Å². The first-order valence-corrected chi connectivity index (χ1v) is 6.10. The molecule has 3 heteroatoms. The van der Waals surface area contributed by atoms with Gasteiger partial charge in [0.15, 0.2) is 0 Å². The van der Waals surface area contributed by atoms with E-state index in [-0.39, 0.29) is 5.91 Å². The van der Waals surface area contributed by atoms with Gasteiger partial charge in [0.25, 0.3) is 0 Å². The number of benzene rings is 1. The monoisotopic (exact) mass is 234 g/mol. The lowest BCUT2D eigenvalue weighted by Crippen LogP contribution is -2.53. The number of carbonyl (C=O) groups excluding carboxylic acids is 1. The molecule has 0 aliphatic rings. The first kappa shape index (κ1) is 13.7. The molecule has 2 N–H and O–H groups in total. The molecule has 0 saturated carbocycles. The molecule has 94 valence electrons. The molecule has 1 aromatic carbocycles. The zero-order valence-electron chi connectivity index (χ0n) is 11.2. The number of nitrogens with zero attached hydrogens (tertiary/aromatic N) is 1. The third-order valence-electron chi connectivity index (χ3n) is 3.19. The summed E-state index contributed by atoms with van der Waals surface area (Å²) in [6, 6.07) is 7.88. The maximum Gasteiger partial charge on any atom is 0.246 e. The normalized spacial score (nSPS) is 14.2. The van der Waals surface area contributed by atoms with Crippen molar-refractivity contribution in [1.82, 2.24) is 0 Å². The highest BCUT2D eigenvalue weighted by atomic mass is 16.2. The highest BCUT2D eigenvalue weighted by Gasteiger charge is 2.31. The van der Waals surface area contributed by atoms with E-state index in [9.17, 15) is 4.79 Å². The molecule has 1 rings (SSSR count). The smallest absolute Gasteiger partial charge is 0.246 e. The molecule has 17 heavy (non-hydrogen) atoms. The predicted octanol–water partition coefficient (Wildman–Crippen LogP) is 2.48. The van der Waals surface area contributed by atoms with Crippen molar-refractivity contribution >= 4 is 11.6 Å². The van der Waals surface area contributed by atoms with Gasteiger partial charge in [0, 0.05) is 12.2 Å². The van der Waals surface area contributed by atoms with Crippen LogP contribution in [0.15, 0.2) is 24.3 Å². The second-order valence-corrected chi connectivity index (χ2v) is 4.61. The van der Waals surface area contributed by atoms with Crippen molar-refractivity contribution < 1.29 is 4.79 Å². The van der Waals surface area contributed by atoms with Gasteiger partial charge in [-0.1, -0.05) is 25.1 Å². The molecule has 1 atom stereocenters. The molecule has 0 heterocycles. The van der Waals surface area contributed by atoms with Crippen molar-refractivity contribution in [1.29, 1.82) is 0 Å². The number of amides is 1. The summed E-state index contributed by atoms with van der Waals surface area (Å²) in [5.41, 5.74) is 7.28. The zero-order chi connectivity index (χ0) is 13.1. The standard InChI is InChI=1S/C14H22N2O/c1-5-14(4,15)13(17)16(6-2)12-10-8-7-9-11(12)3/h7-10H,5-6,15H2,1-4H3. The highest BCUT2D eigenvalue weighted by Crippen LogP contribution is 2.22. The van der Waals surface area contributed by atoms with Gasteiger partial charge in [-0.05, 0) is 38.8 Å². The van der Waals surface area contributed by atoms with Crippen LogP contribution in [0.1, 0.15) is 32.8 Å². The van der Waals surface area contributed by atoms with Crippen LogP contribution in [0.5, 0.6) is 0 Å². The Morgan fingerprint density at radius 1 is 1.35 bits per heavy atom. The fraction of sp³-hybridized carbons (Fsp3) is 0.500. The van der Waals surface area contributed by atoms with Crippen molar-refractivity contribution in [3.05, 3.63) is 29.8 Å². The van der Waals surface area contributed by atoms with E-state index in [1.165, 1.54) is 0 Å². The molecule has 0 radical (unpaired) electrons. The van der Waals surface area contributed by atoms with Crippen LogP contribution in [0, 0.1) is 6.92 Å². The zero-order valence-corrected chi connectivity index (χ0v) is 11.2. The van der Waals surface area contributed by atoms with Crippen LogP contribution in [0.4, 0.5) is 5.69 Å². The Morgan fingerprint density at radius 3 is 2.41 bits per heavy atom. The average Bonchev–Trinajstić information content (AvgIpc) is 2.32. The lowest BCUT2D eigenvalue weighted by atomic mass is 9.97. The molecule has 0 fully saturated rings. The van der Waals surface area contributed by atoms with Crippen LogP contribution < -0.4 is 10.6 Å². The Morgan fingerprint density at radius 2 is 1.94 bits per heavy atom. The van der Waals surface area contributed by atoms with Crippen molar-refractivity contribution in [3.63, 3.8) is 0 Å². The lowest BCUT2D eigenvalue weighted by molar-refractivity contribution is -0.123. The van der Waals surface area contributed by atoms with Gasteiger partial charge < -0.3 is 10.6 Å². The summed E-state index contributed by atoms with van der Waals surface area (Å²) in [4.78, 5) is 14.1. The first-order chi connectivity index (χ1) is 7.94. The molecule has 3 nitrogen and oxygen atoms in total. The summed E-state index contributed by atoms with van der Waals surface area (Å²) in [5, 5.41) is 0. The third-order valence-corrected chi connectivity index (χ3v) is 3.19. The van der Waals surface area contributed by atoms with Gasteiger partial charge in [0.05, 0.1) is 5.54 Å². The van der Waals surface area contributed by atoms with Gasteiger partial charge in [0.1, 0.15) is 0 Å².